The van der Waals surface area contributed by atoms with E-state index in [1.54, 1.807) is 0 Å². The fourth-order valence-electron chi connectivity index (χ4n) is 1.90. The van der Waals surface area contributed by atoms with Crippen LogP contribution in [0.1, 0.15) is 5.56 Å². The zero-order chi connectivity index (χ0) is 17.4. The number of benzene rings is 1. The normalized spacial score (nSPS) is 15.2. The number of aliphatic hydroxyl groups excluding tert-OH is 1. The zero-order valence-corrected chi connectivity index (χ0v) is 13.6. The Hall–Kier alpha value is -1.58. The van der Waals surface area contributed by atoms with Crippen molar-refractivity contribution in [3.8, 4) is 0 Å². The molecule has 2 amide bonds. The highest BCUT2D eigenvalue weighted by atomic mass is 79.9. The lowest BCUT2D eigenvalue weighted by Crippen LogP contribution is -2.34. The molecule has 0 saturated carbocycles. The van der Waals surface area contributed by atoms with Crippen molar-refractivity contribution in [2.24, 2.45) is 0 Å². The number of carbonyl (C=O) groups is 2. The van der Waals surface area contributed by atoms with E-state index in [1.807, 2.05) is 0 Å². The van der Waals surface area contributed by atoms with Gasteiger partial charge in [-0.25, -0.2) is 0 Å². The van der Waals surface area contributed by atoms with Crippen molar-refractivity contribution in [3.05, 3.63) is 39.0 Å². The Morgan fingerprint density at radius 3 is 2.48 bits per heavy atom. The number of anilines is 1. The third-order valence-corrected chi connectivity index (χ3v) is 3.89. The first kappa shape index (κ1) is 17.8. The van der Waals surface area contributed by atoms with E-state index in [0.717, 1.165) is 17.0 Å². The Balaban J connectivity index is 2.30. The van der Waals surface area contributed by atoms with Crippen molar-refractivity contribution in [1.82, 2.24) is 4.90 Å². The quantitative estimate of drug-likeness (QED) is 0.745. The summed E-state index contributed by atoms with van der Waals surface area (Å²) in [4.78, 5) is 24.4. The molecule has 0 aliphatic carbocycles. The van der Waals surface area contributed by atoms with E-state index in [-0.39, 0.29) is 27.4 Å². The molecule has 0 spiro atoms. The van der Waals surface area contributed by atoms with Gasteiger partial charge in [0.1, 0.15) is 5.70 Å². The molecule has 1 aromatic carbocycles. The van der Waals surface area contributed by atoms with Crippen LogP contribution >= 0.6 is 27.5 Å². The first-order valence-electron chi connectivity index (χ1n) is 6.16. The molecule has 1 aliphatic rings. The second kappa shape index (κ2) is 6.50. The lowest BCUT2D eigenvalue weighted by molar-refractivity contribution is -0.138. The van der Waals surface area contributed by atoms with Crippen LogP contribution in [0.25, 0.3) is 0 Å². The van der Waals surface area contributed by atoms with E-state index < -0.39 is 30.2 Å². The van der Waals surface area contributed by atoms with Crippen molar-refractivity contribution in [2.45, 2.75) is 6.18 Å². The highest BCUT2D eigenvalue weighted by molar-refractivity contribution is 9.10. The Morgan fingerprint density at radius 2 is 1.96 bits per heavy atom. The van der Waals surface area contributed by atoms with Crippen molar-refractivity contribution >= 4 is 45.0 Å². The van der Waals surface area contributed by atoms with Gasteiger partial charge < -0.3 is 10.4 Å². The minimum Gasteiger partial charge on any atom is -0.395 e. The molecule has 0 saturated heterocycles. The Bertz CT molecular complexity index is 683. The van der Waals surface area contributed by atoms with Crippen LogP contribution in [0.2, 0.25) is 5.02 Å². The van der Waals surface area contributed by atoms with Crippen LogP contribution in [0.5, 0.6) is 0 Å². The molecule has 0 unspecified atom stereocenters. The van der Waals surface area contributed by atoms with Gasteiger partial charge in [0.05, 0.1) is 29.4 Å². The summed E-state index contributed by atoms with van der Waals surface area (Å²) in [6.45, 7) is -0.579. The topological polar surface area (TPSA) is 69.6 Å². The summed E-state index contributed by atoms with van der Waals surface area (Å²) in [5.41, 5.74) is -1.08. The summed E-state index contributed by atoms with van der Waals surface area (Å²) in [6.07, 6.45) is -3.58. The van der Waals surface area contributed by atoms with Crippen molar-refractivity contribution < 1.29 is 27.9 Å². The summed E-state index contributed by atoms with van der Waals surface area (Å²) in [7, 11) is 0. The third-order valence-electron chi connectivity index (χ3n) is 2.96. The minimum absolute atomic E-state index is 0.0147. The Labute approximate surface area is 141 Å². The van der Waals surface area contributed by atoms with E-state index in [1.165, 1.54) is 0 Å². The van der Waals surface area contributed by atoms with Crippen molar-refractivity contribution in [1.29, 1.82) is 0 Å². The molecule has 1 heterocycles. The number of aliphatic hydroxyl groups is 1. The standard InChI is InChI=1S/C13H9BrClF3N2O3/c14-7-3-6(13(16,17)18)4-8(15)11(7)19-9-5-10(22)20(1-2-21)12(9)23/h3-5,19,21H,1-2H2. The number of β-amino-alcohol motifs (C(OH)–C–C–N with tert-alkyl or cyclic N) is 1. The molecule has 0 atom stereocenters. The number of rotatable bonds is 4. The van der Waals surface area contributed by atoms with Gasteiger partial charge in [0.2, 0.25) is 0 Å². The monoisotopic (exact) mass is 412 g/mol. The van der Waals surface area contributed by atoms with Crippen LogP contribution in [-0.4, -0.2) is 35.0 Å². The maximum Gasteiger partial charge on any atom is 0.416 e. The minimum atomic E-state index is -4.57. The van der Waals surface area contributed by atoms with Crippen LogP contribution in [0.4, 0.5) is 18.9 Å². The average molecular weight is 414 g/mol. The van der Waals surface area contributed by atoms with Crippen molar-refractivity contribution in [2.75, 3.05) is 18.5 Å². The van der Waals surface area contributed by atoms with Crippen LogP contribution in [0.15, 0.2) is 28.4 Å². The number of hydrogen-bond acceptors (Lipinski definition) is 4. The third kappa shape index (κ3) is 3.67. The molecule has 0 radical (unpaired) electrons. The molecule has 23 heavy (non-hydrogen) atoms. The second-order valence-electron chi connectivity index (χ2n) is 4.51. The van der Waals surface area contributed by atoms with Gasteiger partial charge in [-0.1, -0.05) is 11.6 Å². The highest BCUT2D eigenvalue weighted by Crippen LogP contribution is 2.39. The van der Waals surface area contributed by atoms with Gasteiger partial charge in [-0.05, 0) is 28.1 Å². The molecule has 1 aromatic rings. The lowest BCUT2D eigenvalue weighted by Gasteiger charge is -2.16. The predicted molar refractivity (Wildman–Crippen MR) is 79.7 cm³/mol. The number of nitrogens with one attached hydrogen (secondary N) is 1. The first-order chi connectivity index (χ1) is 10.6. The largest absolute Gasteiger partial charge is 0.416 e. The lowest BCUT2D eigenvalue weighted by atomic mass is 10.2. The van der Waals surface area contributed by atoms with E-state index in [2.05, 4.69) is 21.2 Å². The van der Waals surface area contributed by atoms with Gasteiger partial charge in [-0.3, -0.25) is 14.5 Å². The molecule has 0 fully saturated rings. The number of alkyl halides is 3. The predicted octanol–water partition coefficient (Wildman–Crippen LogP) is 2.78. The smallest absolute Gasteiger partial charge is 0.395 e. The molecule has 10 heteroatoms. The first-order valence-corrected chi connectivity index (χ1v) is 7.34. The molecule has 124 valence electrons. The van der Waals surface area contributed by atoms with E-state index in [0.29, 0.717) is 6.07 Å². The second-order valence-corrected chi connectivity index (χ2v) is 5.78. The van der Waals surface area contributed by atoms with Crippen LogP contribution in [0.3, 0.4) is 0 Å². The number of imide groups is 1. The number of halogens is 5. The molecule has 2 rings (SSSR count). The summed E-state index contributed by atoms with van der Waals surface area (Å²) in [6, 6.07) is 1.52. The average Bonchev–Trinajstić information content (AvgIpc) is 2.69. The van der Waals surface area contributed by atoms with E-state index in [9.17, 15) is 22.8 Å². The number of amides is 2. The molecule has 5 nitrogen and oxygen atoms in total. The fourth-order valence-corrected chi connectivity index (χ4v) is 2.84. The maximum absolute atomic E-state index is 12.7. The summed E-state index contributed by atoms with van der Waals surface area (Å²) in [5, 5.41) is 11.1. The summed E-state index contributed by atoms with van der Waals surface area (Å²) in [5.74, 6) is -1.34. The number of nitrogens with zero attached hydrogens (tertiary/aromatic N) is 1. The van der Waals surface area contributed by atoms with Gasteiger partial charge in [0.25, 0.3) is 11.8 Å². The molecule has 0 bridgehead atoms. The molecule has 2 N–H and O–H groups in total. The summed E-state index contributed by atoms with van der Waals surface area (Å²) >= 11 is 8.79. The SMILES string of the molecule is O=C1C=C(Nc2c(Cl)cc(C(F)(F)F)cc2Br)C(=O)N1CCO. The Morgan fingerprint density at radius 1 is 1.30 bits per heavy atom. The molecule has 0 aromatic heterocycles. The van der Waals surface area contributed by atoms with Crippen LogP contribution in [-0.2, 0) is 15.8 Å². The number of hydrogen-bond donors (Lipinski definition) is 2. The van der Waals surface area contributed by atoms with Crippen LogP contribution in [0, 0.1) is 0 Å². The van der Waals surface area contributed by atoms with E-state index >= 15 is 0 Å². The van der Waals surface area contributed by atoms with Gasteiger partial charge in [-0.2, -0.15) is 13.2 Å². The van der Waals surface area contributed by atoms with E-state index in [4.69, 9.17) is 16.7 Å². The highest BCUT2D eigenvalue weighted by Gasteiger charge is 2.34. The Kier molecular flexibility index (Phi) is 5.02. The zero-order valence-electron chi connectivity index (χ0n) is 11.2. The van der Waals surface area contributed by atoms with Gasteiger partial charge in [0.15, 0.2) is 0 Å². The summed E-state index contributed by atoms with van der Waals surface area (Å²) < 4.78 is 38.1. The molecular weight excluding hydrogens is 405 g/mol. The van der Waals surface area contributed by atoms with Gasteiger partial charge in [-0.15, -0.1) is 0 Å². The maximum atomic E-state index is 12.7. The van der Waals surface area contributed by atoms with Gasteiger partial charge in [0, 0.05) is 10.5 Å². The fraction of sp³-hybridized carbons (Fsp3) is 0.231. The van der Waals surface area contributed by atoms with Crippen molar-refractivity contribution in [3.63, 3.8) is 0 Å². The van der Waals surface area contributed by atoms with Crippen LogP contribution < -0.4 is 5.32 Å². The molecular formula is C13H9BrClF3N2O3. The molecule has 1 aliphatic heterocycles. The van der Waals surface area contributed by atoms with Gasteiger partial charge >= 0.3 is 6.18 Å². The number of carbonyl (C=O) groups excluding carboxylic acids is 2.